The monoisotopic (exact) mass is 326 g/mol. The van der Waals surface area contributed by atoms with Crippen LogP contribution < -0.4 is 10.5 Å². The maximum atomic E-state index is 11.8. The van der Waals surface area contributed by atoms with Crippen LogP contribution in [0, 0.1) is 6.92 Å². The molecular weight excluding hydrogens is 313 g/mol. The van der Waals surface area contributed by atoms with Gasteiger partial charge in [-0.05, 0) is 30.7 Å². The lowest BCUT2D eigenvalue weighted by atomic mass is 10.2. The maximum Gasteiger partial charge on any atom is 0.411 e. The van der Waals surface area contributed by atoms with Gasteiger partial charge in [0.2, 0.25) is 15.9 Å². The molecule has 0 atom stereocenters. The molecular formula is C11H13F3N2O4S. The van der Waals surface area contributed by atoms with Crippen molar-refractivity contribution >= 4 is 21.6 Å². The zero-order valence-corrected chi connectivity index (χ0v) is 11.7. The molecule has 1 aromatic rings. The van der Waals surface area contributed by atoms with Crippen molar-refractivity contribution in [2.24, 2.45) is 5.14 Å². The summed E-state index contributed by atoms with van der Waals surface area (Å²) in [5.74, 6) is -0.790. The van der Waals surface area contributed by atoms with E-state index in [1.54, 1.807) is 0 Å². The third-order valence-corrected chi connectivity index (χ3v) is 3.34. The Labute approximate surface area is 119 Å². The molecule has 1 amide bonds. The Morgan fingerprint density at radius 1 is 1.38 bits per heavy atom. The molecule has 0 unspecified atom stereocenters. The van der Waals surface area contributed by atoms with E-state index in [1.165, 1.54) is 25.1 Å². The number of alkyl halides is 3. The van der Waals surface area contributed by atoms with Crippen molar-refractivity contribution in [1.82, 2.24) is 0 Å². The number of nitrogens with one attached hydrogen (secondary N) is 1. The third-order valence-electron chi connectivity index (χ3n) is 2.26. The summed E-state index contributed by atoms with van der Waals surface area (Å²) in [4.78, 5) is 11.2. The van der Waals surface area contributed by atoms with Gasteiger partial charge in [0.05, 0.1) is 4.90 Å². The Bertz CT molecular complexity index is 629. The number of hydrogen-bond donors (Lipinski definition) is 2. The fourth-order valence-electron chi connectivity index (χ4n) is 1.50. The minimum atomic E-state index is -4.51. The fourth-order valence-corrected chi connectivity index (χ4v) is 2.27. The molecule has 0 radical (unpaired) electrons. The van der Waals surface area contributed by atoms with Crippen LogP contribution in [0.25, 0.3) is 0 Å². The predicted octanol–water partition coefficient (Wildman–Crippen LogP) is 1.16. The van der Waals surface area contributed by atoms with E-state index >= 15 is 0 Å². The van der Waals surface area contributed by atoms with Gasteiger partial charge in [0.1, 0.15) is 13.2 Å². The number of amides is 1. The van der Waals surface area contributed by atoms with Gasteiger partial charge in [0, 0.05) is 5.69 Å². The van der Waals surface area contributed by atoms with Crippen LogP contribution in [-0.4, -0.2) is 33.7 Å². The van der Waals surface area contributed by atoms with E-state index in [2.05, 4.69) is 10.1 Å². The van der Waals surface area contributed by atoms with Crippen LogP contribution >= 0.6 is 0 Å². The van der Waals surface area contributed by atoms with Crippen LogP contribution in [0.2, 0.25) is 0 Å². The van der Waals surface area contributed by atoms with Crippen LogP contribution in [-0.2, 0) is 19.6 Å². The quantitative estimate of drug-likeness (QED) is 0.848. The largest absolute Gasteiger partial charge is 0.411 e. The second-order valence-corrected chi connectivity index (χ2v) is 5.71. The lowest BCUT2D eigenvalue weighted by Gasteiger charge is -2.10. The first-order valence-electron chi connectivity index (χ1n) is 5.57. The molecule has 0 spiro atoms. The fraction of sp³-hybridized carbons (Fsp3) is 0.364. The molecule has 0 aliphatic carbocycles. The number of carbonyl (C=O) groups is 1. The van der Waals surface area contributed by atoms with Gasteiger partial charge in [-0.1, -0.05) is 0 Å². The summed E-state index contributed by atoms with van der Waals surface area (Å²) < 4.78 is 62.0. The summed E-state index contributed by atoms with van der Waals surface area (Å²) in [5.41, 5.74) is 0.520. The van der Waals surface area contributed by atoms with Crippen LogP contribution in [0.1, 0.15) is 5.56 Å². The number of aryl methyl sites for hydroxylation is 1. The van der Waals surface area contributed by atoms with Crippen molar-refractivity contribution in [3.05, 3.63) is 23.8 Å². The minimum absolute atomic E-state index is 0.103. The Hall–Kier alpha value is -1.65. The van der Waals surface area contributed by atoms with Crippen LogP contribution in [0.15, 0.2) is 23.1 Å². The molecule has 10 heteroatoms. The van der Waals surface area contributed by atoms with E-state index in [-0.39, 0.29) is 10.6 Å². The zero-order valence-electron chi connectivity index (χ0n) is 10.9. The van der Waals surface area contributed by atoms with Crippen molar-refractivity contribution in [3.63, 3.8) is 0 Å². The number of nitrogens with two attached hydrogens (primary N) is 1. The van der Waals surface area contributed by atoms with Crippen molar-refractivity contribution in [3.8, 4) is 0 Å². The number of carbonyl (C=O) groups excluding carboxylic acids is 1. The molecule has 1 rings (SSSR count). The smallest absolute Gasteiger partial charge is 0.362 e. The van der Waals surface area contributed by atoms with Crippen molar-refractivity contribution in [2.75, 3.05) is 18.5 Å². The number of benzene rings is 1. The lowest BCUT2D eigenvalue weighted by Crippen LogP contribution is -2.24. The third kappa shape index (κ3) is 6.10. The summed E-state index contributed by atoms with van der Waals surface area (Å²) in [7, 11) is -3.87. The van der Waals surface area contributed by atoms with Gasteiger partial charge in [-0.2, -0.15) is 13.2 Å². The highest BCUT2D eigenvalue weighted by atomic mass is 32.2. The second-order valence-electron chi connectivity index (χ2n) is 4.18. The summed E-state index contributed by atoms with van der Waals surface area (Å²) in [6, 6.07) is 3.80. The molecule has 0 saturated carbocycles. The predicted molar refractivity (Wildman–Crippen MR) is 68.1 cm³/mol. The summed E-state index contributed by atoms with van der Waals surface area (Å²) in [5, 5.41) is 7.25. The number of halogens is 3. The van der Waals surface area contributed by atoms with Gasteiger partial charge in [-0.3, -0.25) is 4.79 Å². The van der Waals surface area contributed by atoms with Gasteiger partial charge < -0.3 is 10.1 Å². The highest BCUT2D eigenvalue weighted by Gasteiger charge is 2.27. The second kappa shape index (κ2) is 6.41. The minimum Gasteiger partial charge on any atom is -0.362 e. The molecule has 118 valence electrons. The van der Waals surface area contributed by atoms with E-state index in [1.807, 2.05) is 0 Å². The first kappa shape index (κ1) is 17.4. The van der Waals surface area contributed by atoms with Crippen LogP contribution in [0.4, 0.5) is 18.9 Å². The van der Waals surface area contributed by atoms with Gasteiger partial charge in [-0.15, -0.1) is 0 Å². The van der Waals surface area contributed by atoms with Crippen molar-refractivity contribution in [1.29, 1.82) is 0 Å². The van der Waals surface area contributed by atoms with Crippen LogP contribution in [0.5, 0.6) is 0 Å². The van der Waals surface area contributed by atoms with Gasteiger partial charge in [-0.25, -0.2) is 13.6 Å². The molecule has 1 aromatic carbocycles. The number of sulfonamides is 1. The van der Waals surface area contributed by atoms with Crippen molar-refractivity contribution in [2.45, 2.75) is 18.0 Å². The van der Waals surface area contributed by atoms with E-state index < -0.39 is 35.3 Å². The molecule has 0 bridgehead atoms. The molecule has 21 heavy (non-hydrogen) atoms. The lowest BCUT2D eigenvalue weighted by molar-refractivity contribution is -0.174. The number of rotatable bonds is 5. The number of hydrogen-bond acceptors (Lipinski definition) is 4. The highest BCUT2D eigenvalue weighted by molar-refractivity contribution is 7.89. The first-order chi connectivity index (χ1) is 9.49. The topological polar surface area (TPSA) is 98.5 Å². The van der Waals surface area contributed by atoms with E-state index in [4.69, 9.17) is 5.14 Å². The van der Waals surface area contributed by atoms with Crippen LogP contribution in [0.3, 0.4) is 0 Å². The normalized spacial score (nSPS) is 12.2. The Morgan fingerprint density at radius 2 is 2.00 bits per heavy atom. The first-order valence-corrected chi connectivity index (χ1v) is 7.11. The molecule has 0 fully saturated rings. The maximum absolute atomic E-state index is 11.8. The number of primary sulfonamides is 1. The summed E-state index contributed by atoms with van der Waals surface area (Å²) >= 11 is 0. The molecule has 3 N–H and O–H groups in total. The summed E-state index contributed by atoms with van der Waals surface area (Å²) in [6.45, 7) is -0.825. The average Bonchev–Trinajstić information content (AvgIpc) is 2.24. The van der Waals surface area contributed by atoms with E-state index in [9.17, 15) is 26.4 Å². The van der Waals surface area contributed by atoms with Gasteiger partial charge in [0.25, 0.3) is 0 Å². The molecule has 0 aliphatic heterocycles. The summed E-state index contributed by atoms with van der Waals surface area (Å²) in [6.07, 6.45) is -4.51. The molecule has 0 aromatic heterocycles. The Morgan fingerprint density at radius 3 is 2.48 bits per heavy atom. The number of ether oxygens (including phenoxy) is 1. The molecule has 0 heterocycles. The Balaban J connectivity index is 2.64. The Kier molecular flexibility index (Phi) is 5.31. The van der Waals surface area contributed by atoms with E-state index in [0.29, 0.717) is 5.56 Å². The van der Waals surface area contributed by atoms with E-state index in [0.717, 1.165) is 0 Å². The van der Waals surface area contributed by atoms with Crippen molar-refractivity contribution < 1.29 is 31.1 Å². The SMILES string of the molecule is Cc1cc(NC(=O)COCC(F)(F)F)ccc1S(N)(=O)=O. The van der Waals surface area contributed by atoms with Gasteiger partial charge >= 0.3 is 6.18 Å². The highest BCUT2D eigenvalue weighted by Crippen LogP contribution is 2.18. The molecule has 6 nitrogen and oxygen atoms in total. The molecule has 0 aliphatic rings. The standard InChI is InChI=1S/C11H13F3N2O4S/c1-7-4-8(2-3-9(7)21(15,18)19)16-10(17)5-20-6-11(12,13)14/h2-4H,5-6H2,1H3,(H,16,17)(H2,15,18,19). The number of anilines is 1. The zero-order chi connectivity index (χ0) is 16.3. The van der Waals surface area contributed by atoms with Gasteiger partial charge in [0.15, 0.2) is 0 Å². The average molecular weight is 326 g/mol. The molecule has 0 saturated heterocycles.